The Kier molecular flexibility index (Phi) is 3.94. The van der Waals surface area contributed by atoms with Crippen LogP contribution in [0.5, 0.6) is 0 Å². The van der Waals surface area contributed by atoms with Gasteiger partial charge in [-0.2, -0.15) is 0 Å². The monoisotopic (exact) mass is 235 g/mol. The van der Waals surface area contributed by atoms with Crippen molar-refractivity contribution in [3.63, 3.8) is 0 Å². The maximum absolute atomic E-state index is 5.63. The van der Waals surface area contributed by atoms with Gasteiger partial charge in [-0.15, -0.1) is 16.7 Å². The predicted octanol–water partition coefficient (Wildman–Crippen LogP) is 2.50. The quantitative estimate of drug-likeness (QED) is 0.746. The molecule has 0 amide bonds. The predicted molar refractivity (Wildman–Crippen MR) is 64.6 cm³/mol. The van der Waals surface area contributed by atoms with Crippen LogP contribution in [0.15, 0.2) is 36.5 Å². The Morgan fingerprint density at radius 3 is 2.75 bits per heavy atom. The molecule has 0 atom stereocenters. The van der Waals surface area contributed by atoms with Crippen LogP contribution in [-0.4, -0.2) is 20.9 Å². The molecule has 0 N–H and O–H groups in total. The molecule has 1 aromatic heterocycles. The summed E-state index contributed by atoms with van der Waals surface area (Å²) in [5.41, 5.74) is 2.24. The number of alkyl halides is 1. The van der Waals surface area contributed by atoms with E-state index in [0.717, 1.165) is 25.1 Å². The van der Waals surface area contributed by atoms with E-state index >= 15 is 0 Å². The molecule has 0 unspecified atom stereocenters. The average molecular weight is 236 g/mol. The maximum atomic E-state index is 5.63. The van der Waals surface area contributed by atoms with E-state index in [1.807, 2.05) is 29.1 Å². The molecular formula is C12H14ClN3. The summed E-state index contributed by atoms with van der Waals surface area (Å²) in [4.78, 5) is 0. The zero-order valence-electron chi connectivity index (χ0n) is 9.01. The Balaban J connectivity index is 1.97. The van der Waals surface area contributed by atoms with Crippen LogP contribution in [-0.2, 0) is 13.0 Å². The third kappa shape index (κ3) is 3.07. The van der Waals surface area contributed by atoms with Crippen LogP contribution in [0.1, 0.15) is 17.7 Å². The number of halogens is 1. The molecule has 0 radical (unpaired) electrons. The molecular weight excluding hydrogens is 222 g/mol. The molecule has 16 heavy (non-hydrogen) atoms. The highest BCUT2D eigenvalue weighted by Gasteiger charge is 2.00. The summed E-state index contributed by atoms with van der Waals surface area (Å²) in [6.45, 7) is 0.773. The second kappa shape index (κ2) is 5.66. The van der Waals surface area contributed by atoms with Crippen molar-refractivity contribution >= 4 is 11.6 Å². The van der Waals surface area contributed by atoms with Gasteiger partial charge in [0.2, 0.25) is 0 Å². The van der Waals surface area contributed by atoms with Crippen LogP contribution >= 0.6 is 11.6 Å². The van der Waals surface area contributed by atoms with Crippen molar-refractivity contribution in [3.05, 3.63) is 47.8 Å². The first-order chi connectivity index (χ1) is 7.88. The molecule has 2 aromatic rings. The van der Waals surface area contributed by atoms with Crippen LogP contribution in [0.2, 0.25) is 0 Å². The fourth-order valence-corrected chi connectivity index (χ4v) is 1.68. The van der Waals surface area contributed by atoms with Crippen molar-refractivity contribution in [2.45, 2.75) is 19.4 Å². The van der Waals surface area contributed by atoms with Gasteiger partial charge in [0, 0.05) is 12.1 Å². The second-order valence-electron chi connectivity index (χ2n) is 3.69. The largest absolute Gasteiger partial charge is 0.248 e. The van der Waals surface area contributed by atoms with Gasteiger partial charge in [-0.25, -0.2) is 4.68 Å². The second-order valence-corrected chi connectivity index (χ2v) is 4.06. The third-order valence-electron chi connectivity index (χ3n) is 2.34. The summed E-state index contributed by atoms with van der Waals surface area (Å²) in [7, 11) is 0. The first-order valence-electron chi connectivity index (χ1n) is 5.37. The molecule has 0 saturated heterocycles. The van der Waals surface area contributed by atoms with Crippen LogP contribution in [0.4, 0.5) is 0 Å². The van der Waals surface area contributed by atoms with Crippen molar-refractivity contribution in [2.24, 2.45) is 0 Å². The first kappa shape index (κ1) is 11.1. The Bertz CT molecular complexity index is 425. The highest BCUT2D eigenvalue weighted by Crippen LogP contribution is 2.03. The van der Waals surface area contributed by atoms with Crippen molar-refractivity contribution in [1.29, 1.82) is 0 Å². The lowest BCUT2D eigenvalue weighted by Gasteiger charge is -1.99. The molecule has 4 heteroatoms. The van der Waals surface area contributed by atoms with E-state index in [9.17, 15) is 0 Å². The summed E-state index contributed by atoms with van der Waals surface area (Å²) in [5, 5.41) is 8.19. The smallest absolute Gasteiger partial charge is 0.0827 e. The standard InChI is InChI=1S/C12H14ClN3/c13-8-4-7-12-10-16(15-14-12)9-11-5-2-1-3-6-11/h1-3,5-6,10H,4,7-9H2. The van der Waals surface area contributed by atoms with Gasteiger partial charge in [-0.1, -0.05) is 35.5 Å². The Labute approximate surface area is 100 Å². The van der Waals surface area contributed by atoms with E-state index in [4.69, 9.17) is 11.6 Å². The van der Waals surface area contributed by atoms with E-state index < -0.39 is 0 Å². The zero-order valence-corrected chi connectivity index (χ0v) is 9.77. The lowest BCUT2D eigenvalue weighted by molar-refractivity contribution is 0.649. The summed E-state index contributed by atoms with van der Waals surface area (Å²) in [5.74, 6) is 0.672. The van der Waals surface area contributed by atoms with Crippen LogP contribution in [0, 0.1) is 0 Å². The molecule has 0 saturated carbocycles. The Hall–Kier alpha value is -1.35. The van der Waals surface area contributed by atoms with E-state index in [0.29, 0.717) is 5.88 Å². The van der Waals surface area contributed by atoms with Gasteiger partial charge in [0.15, 0.2) is 0 Å². The molecule has 0 fully saturated rings. The van der Waals surface area contributed by atoms with Gasteiger partial charge < -0.3 is 0 Å². The average Bonchev–Trinajstić information content (AvgIpc) is 2.75. The normalized spacial score (nSPS) is 10.6. The first-order valence-corrected chi connectivity index (χ1v) is 5.91. The number of rotatable bonds is 5. The minimum Gasteiger partial charge on any atom is -0.248 e. The van der Waals surface area contributed by atoms with Crippen LogP contribution in [0.25, 0.3) is 0 Å². The van der Waals surface area contributed by atoms with Gasteiger partial charge in [0.25, 0.3) is 0 Å². The van der Waals surface area contributed by atoms with E-state index in [-0.39, 0.29) is 0 Å². The number of hydrogen-bond acceptors (Lipinski definition) is 2. The Morgan fingerprint density at radius 1 is 1.19 bits per heavy atom. The lowest BCUT2D eigenvalue weighted by Crippen LogP contribution is -1.99. The molecule has 0 aliphatic heterocycles. The van der Waals surface area contributed by atoms with Gasteiger partial charge >= 0.3 is 0 Å². The molecule has 0 aliphatic carbocycles. The van der Waals surface area contributed by atoms with E-state index in [2.05, 4.69) is 22.4 Å². The number of hydrogen-bond donors (Lipinski definition) is 0. The van der Waals surface area contributed by atoms with Gasteiger partial charge in [-0.3, -0.25) is 0 Å². The number of benzene rings is 1. The minimum absolute atomic E-state index is 0.672. The molecule has 1 heterocycles. The third-order valence-corrected chi connectivity index (χ3v) is 2.61. The highest BCUT2D eigenvalue weighted by molar-refractivity contribution is 6.17. The molecule has 0 bridgehead atoms. The minimum atomic E-state index is 0.672. The van der Waals surface area contributed by atoms with Crippen LogP contribution < -0.4 is 0 Å². The maximum Gasteiger partial charge on any atom is 0.0827 e. The summed E-state index contributed by atoms with van der Waals surface area (Å²) in [6.07, 6.45) is 3.84. The summed E-state index contributed by atoms with van der Waals surface area (Å²) >= 11 is 5.63. The summed E-state index contributed by atoms with van der Waals surface area (Å²) in [6, 6.07) is 10.2. The van der Waals surface area contributed by atoms with E-state index in [1.54, 1.807) is 0 Å². The zero-order chi connectivity index (χ0) is 11.2. The topological polar surface area (TPSA) is 30.7 Å². The summed E-state index contributed by atoms with van der Waals surface area (Å²) < 4.78 is 1.86. The van der Waals surface area contributed by atoms with Crippen LogP contribution in [0.3, 0.4) is 0 Å². The van der Waals surface area contributed by atoms with Gasteiger partial charge in [0.05, 0.1) is 12.2 Å². The van der Waals surface area contributed by atoms with Crippen molar-refractivity contribution in [1.82, 2.24) is 15.0 Å². The van der Waals surface area contributed by atoms with E-state index in [1.165, 1.54) is 5.56 Å². The molecule has 0 spiro atoms. The van der Waals surface area contributed by atoms with Crippen molar-refractivity contribution < 1.29 is 0 Å². The molecule has 3 nitrogen and oxygen atoms in total. The van der Waals surface area contributed by atoms with Crippen molar-refractivity contribution in [2.75, 3.05) is 5.88 Å². The van der Waals surface area contributed by atoms with Crippen molar-refractivity contribution in [3.8, 4) is 0 Å². The number of aromatic nitrogens is 3. The highest BCUT2D eigenvalue weighted by atomic mass is 35.5. The number of aryl methyl sites for hydroxylation is 1. The molecule has 1 aromatic carbocycles. The SMILES string of the molecule is ClCCCc1cn(Cc2ccccc2)nn1. The number of nitrogens with zero attached hydrogens (tertiary/aromatic N) is 3. The molecule has 0 aliphatic rings. The fourth-order valence-electron chi connectivity index (χ4n) is 1.55. The van der Waals surface area contributed by atoms with Gasteiger partial charge in [0.1, 0.15) is 0 Å². The molecule has 2 rings (SSSR count). The van der Waals surface area contributed by atoms with Gasteiger partial charge in [-0.05, 0) is 18.4 Å². The fraction of sp³-hybridized carbons (Fsp3) is 0.333. The molecule has 84 valence electrons. The Morgan fingerprint density at radius 2 is 2.00 bits per heavy atom. The lowest BCUT2D eigenvalue weighted by atomic mass is 10.2.